The highest BCUT2D eigenvalue weighted by molar-refractivity contribution is 5.98. The van der Waals surface area contributed by atoms with Gasteiger partial charge in [0.25, 0.3) is 0 Å². The van der Waals surface area contributed by atoms with E-state index < -0.39 is 11.4 Å². The second-order valence-electron chi connectivity index (χ2n) is 4.89. The molecule has 1 aliphatic heterocycles. The maximum Gasteiger partial charge on any atom is 0.323 e. The lowest BCUT2D eigenvalue weighted by molar-refractivity contribution is -0.137. The average molecular weight is 261 g/mol. The van der Waals surface area contributed by atoms with Crippen LogP contribution in [0.15, 0.2) is 48.2 Å². The summed E-state index contributed by atoms with van der Waals surface area (Å²) in [5.74, 6) is -0.449. The Morgan fingerprint density at radius 1 is 1.47 bits per heavy atom. The lowest BCUT2D eigenvalue weighted by Crippen LogP contribution is -2.30. The zero-order valence-corrected chi connectivity index (χ0v) is 10.8. The minimum absolute atomic E-state index is 0.00571. The predicted molar refractivity (Wildman–Crippen MR) is 68.7 cm³/mol. The van der Waals surface area contributed by atoms with Gasteiger partial charge in [0.15, 0.2) is 5.78 Å². The number of carbonyl (C=O) groups excluding carboxylic acids is 1. The number of nitrogens with zero attached hydrogens (tertiary/aromatic N) is 1. The molecule has 5 nitrogen and oxygen atoms in total. The fourth-order valence-corrected chi connectivity index (χ4v) is 1.96. The Morgan fingerprint density at radius 3 is 2.89 bits per heavy atom. The highest BCUT2D eigenvalue weighted by Gasteiger charge is 2.35. The van der Waals surface area contributed by atoms with Crippen molar-refractivity contribution in [3.8, 4) is 0 Å². The van der Waals surface area contributed by atoms with Gasteiger partial charge in [-0.15, -0.1) is 0 Å². The number of ether oxygens (including phenoxy) is 1. The molecular formula is C14H15NO4. The Kier molecular flexibility index (Phi) is 3.29. The van der Waals surface area contributed by atoms with E-state index in [9.17, 15) is 9.59 Å². The Morgan fingerprint density at radius 2 is 2.21 bits per heavy atom. The number of carboxylic acid groups (broad SMARTS) is 1. The van der Waals surface area contributed by atoms with Crippen LogP contribution in [0.4, 0.5) is 0 Å². The molecule has 0 saturated heterocycles. The van der Waals surface area contributed by atoms with Crippen LogP contribution in [0.3, 0.4) is 0 Å². The third-order valence-electron chi connectivity index (χ3n) is 3.11. The van der Waals surface area contributed by atoms with Crippen molar-refractivity contribution in [1.82, 2.24) is 4.90 Å². The summed E-state index contributed by atoms with van der Waals surface area (Å²) in [5.41, 5.74) is 0.0560. The number of aliphatic carboxylic acids is 1. The van der Waals surface area contributed by atoms with Crippen molar-refractivity contribution in [2.75, 3.05) is 6.54 Å². The Balaban J connectivity index is 2.29. The summed E-state index contributed by atoms with van der Waals surface area (Å²) in [4.78, 5) is 24.1. The van der Waals surface area contributed by atoms with Gasteiger partial charge in [-0.3, -0.25) is 9.59 Å². The molecule has 1 N–H and O–H groups in total. The molecule has 1 heterocycles. The molecule has 5 heteroatoms. The molecule has 100 valence electrons. The van der Waals surface area contributed by atoms with Crippen LogP contribution in [0.2, 0.25) is 0 Å². The van der Waals surface area contributed by atoms with E-state index in [-0.39, 0.29) is 12.3 Å². The van der Waals surface area contributed by atoms with Crippen molar-refractivity contribution in [1.29, 1.82) is 0 Å². The summed E-state index contributed by atoms with van der Waals surface area (Å²) in [7, 11) is 0. The first-order valence-corrected chi connectivity index (χ1v) is 5.87. The standard InChI is InChI=1S/C14H15NO4/c1-14(2)10(4-3-5-12(14)16)11-8-15(6-7-19-11)9-13(17)18/h3-8H,9H2,1-2H3,(H,17,18). The minimum atomic E-state index is -0.935. The second kappa shape index (κ2) is 4.76. The molecule has 0 saturated carbocycles. The van der Waals surface area contributed by atoms with Crippen molar-refractivity contribution < 1.29 is 19.4 Å². The van der Waals surface area contributed by atoms with E-state index in [4.69, 9.17) is 9.84 Å². The topological polar surface area (TPSA) is 66.8 Å². The van der Waals surface area contributed by atoms with Crippen LogP contribution < -0.4 is 0 Å². The molecule has 0 spiro atoms. The lowest BCUT2D eigenvalue weighted by atomic mass is 9.76. The van der Waals surface area contributed by atoms with Crippen molar-refractivity contribution in [3.63, 3.8) is 0 Å². The number of allylic oxidation sites excluding steroid dienone is 4. The van der Waals surface area contributed by atoms with Crippen molar-refractivity contribution in [3.05, 3.63) is 48.2 Å². The van der Waals surface area contributed by atoms with E-state index in [1.165, 1.54) is 23.4 Å². The van der Waals surface area contributed by atoms with Crippen LogP contribution in [0.1, 0.15) is 13.8 Å². The van der Waals surface area contributed by atoms with Crippen LogP contribution in [0.25, 0.3) is 0 Å². The lowest BCUT2D eigenvalue weighted by Gasteiger charge is -2.30. The number of hydrogen-bond donors (Lipinski definition) is 1. The molecule has 0 bridgehead atoms. The Bertz CT molecular complexity index is 538. The number of rotatable bonds is 3. The highest BCUT2D eigenvalue weighted by atomic mass is 16.5. The van der Waals surface area contributed by atoms with Crippen LogP contribution in [-0.4, -0.2) is 28.3 Å². The predicted octanol–water partition coefficient (Wildman–Crippen LogP) is 1.81. The molecule has 0 aromatic heterocycles. The third-order valence-corrected chi connectivity index (χ3v) is 3.11. The number of ketones is 1. The summed E-state index contributed by atoms with van der Waals surface area (Å²) in [6, 6.07) is 0. The summed E-state index contributed by atoms with van der Waals surface area (Å²) in [5, 5.41) is 8.78. The summed E-state index contributed by atoms with van der Waals surface area (Å²) >= 11 is 0. The first kappa shape index (κ1) is 13.1. The number of hydrogen-bond acceptors (Lipinski definition) is 4. The molecule has 19 heavy (non-hydrogen) atoms. The van der Waals surface area contributed by atoms with Crippen LogP contribution in [0, 0.1) is 5.41 Å². The smallest absolute Gasteiger partial charge is 0.323 e. The maximum atomic E-state index is 11.9. The molecule has 0 aromatic carbocycles. The third kappa shape index (κ3) is 2.59. The van der Waals surface area contributed by atoms with Gasteiger partial charge in [0.2, 0.25) is 0 Å². The van der Waals surface area contributed by atoms with Gasteiger partial charge in [-0.2, -0.15) is 0 Å². The normalized spacial score (nSPS) is 20.7. The molecule has 1 aliphatic carbocycles. The second-order valence-corrected chi connectivity index (χ2v) is 4.89. The minimum Gasteiger partial charge on any atom is -0.480 e. The number of carbonyl (C=O) groups is 2. The summed E-state index contributed by atoms with van der Waals surface area (Å²) in [6.07, 6.45) is 9.55. The van der Waals surface area contributed by atoms with Gasteiger partial charge < -0.3 is 14.7 Å². The van der Waals surface area contributed by atoms with Crippen molar-refractivity contribution in [2.24, 2.45) is 5.41 Å². The molecule has 2 aliphatic rings. The van der Waals surface area contributed by atoms with E-state index in [2.05, 4.69) is 0 Å². The Labute approximate surface area is 111 Å². The average Bonchev–Trinajstić information content (AvgIpc) is 2.32. The molecular weight excluding hydrogens is 246 g/mol. The van der Waals surface area contributed by atoms with Crippen LogP contribution >= 0.6 is 0 Å². The van der Waals surface area contributed by atoms with Crippen LogP contribution in [0.5, 0.6) is 0 Å². The fraction of sp³-hybridized carbons (Fsp3) is 0.286. The summed E-state index contributed by atoms with van der Waals surface area (Å²) in [6.45, 7) is 3.48. The van der Waals surface area contributed by atoms with Gasteiger partial charge in [0.05, 0.1) is 5.41 Å². The quantitative estimate of drug-likeness (QED) is 0.839. The van der Waals surface area contributed by atoms with E-state index in [1.54, 1.807) is 12.3 Å². The van der Waals surface area contributed by atoms with E-state index in [0.29, 0.717) is 5.76 Å². The largest absolute Gasteiger partial charge is 0.480 e. The molecule has 0 aromatic rings. The van der Waals surface area contributed by atoms with Crippen LogP contribution in [-0.2, 0) is 14.3 Å². The SMILES string of the molecule is CC1(C)C(=O)C=CC=C1C1=CN(CC(=O)O)C=CO1. The molecule has 0 radical (unpaired) electrons. The zero-order valence-electron chi connectivity index (χ0n) is 10.8. The van der Waals surface area contributed by atoms with Gasteiger partial charge in [0.1, 0.15) is 18.6 Å². The first-order valence-electron chi connectivity index (χ1n) is 5.87. The monoisotopic (exact) mass is 261 g/mol. The zero-order chi connectivity index (χ0) is 14.0. The molecule has 0 amide bonds. The van der Waals surface area contributed by atoms with Gasteiger partial charge in [-0.1, -0.05) is 12.2 Å². The van der Waals surface area contributed by atoms with E-state index in [1.807, 2.05) is 19.9 Å². The molecule has 2 rings (SSSR count). The molecule has 0 unspecified atom stereocenters. The van der Waals surface area contributed by atoms with Gasteiger partial charge in [0, 0.05) is 18.0 Å². The Hall–Kier alpha value is -2.30. The van der Waals surface area contributed by atoms with Gasteiger partial charge in [-0.05, 0) is 19.9 Å². The van der Waals surface area contributed by atoms with Gasteiger partial charge in [-0.25, -0.2) is 0 Å². The first-order chi connectivity index (χ1) is 8.91. The van der Waals surface area contributed by atoms with E-state index in [0.717, 1.165) is 5.57 Å². The van der Waals surface area contributed by atoms with Crippen molar-refractivity contribution in [2.45, 2.75) is 13.8 Å². The van der Waals surface area contributed by atoms with Crippen molar-refractivity contribution >= 4 is 11.8 Å². The summed E-state index contributed by atoms with van der Waals surface area (Å²) < 4.78 is 5.40. The van der Waals surface area contributed by atoms with E-state index >= 15 is 0 Å². The molecule has 0 fully saturated rings. The number of carboxylic acids is 1. The molecule has 0 atom stereocenters. The van der Waals surface area contributed by atoms with Gasteiger partial charge >= 0.3 is 5.97 Å². The maximum absolute atomic E-state index is 11.9. The highest BCUT2D eigenvalue weighted by Crippen LogP contribution is 2.37. The fourth-order valence-electron chi connectivity index (χ4n) is 1.96.